The van der Waals surface area contributed by atoms with Crippen molar-refractivity contribution in [1.82, 2.24) is 25.1 Å². The van der Waals surface area contributed by atoms with Crippen molar-refractivity contribution >= 4 is 28.5 Å². The number of amides is 2. The van der Waals surface area contributed by atoms with E-state index in [-0.39, 0.29) is 25.1 Å². The predicted molar refractivity (Wildman–Crippen MR) is 130 cm³/mol. The molecule has 1 spiro atoms. The number of hydrogen-bond acceptors (Lipinski definition) is 6. The smallest absolute Gasteiger partial charge is 0.391 e. The summed E-state index contributed by atoms with van der Waals surface area (Å²) in [5.74, 6) is -0.0514. The highest BCUT2D eigenvalue weighted by Gasteiger charge is 2.54. The lowest BCUT2D eigenvalue weighted by molar-refractivity contribution is -0.151. The van der Waals surface area contributed by atoms with Crippen LogP contribution in [0.3, 0.4) is 0 Å². The molecule has 12 heteroatoms. The number of H-pyrrole nitrogens is 1. The maximum absolute atomic E-state index is 13.9. The summed E-state index contributed by atoms with van der Waals surface area (Å²) in [6, 6.07) is 4.45. The monoisotopic (exact) mass is 528 g/mol. The molecule has 0 aromatic carbocycles. The van der Waals surface area contributed by atoms with Crippen LogP contribution in [0.25, 0.3) is 11.0 Å². The number of pyridine rings is 2. The Bertz CT molecular complexity index is 1370. The Morgan fingerprint density at radius 1 is 1.18 bits per heavy atom. The van der Waals surface area contributed by atoms with Crippen LogP contribution in [0.4, 0.5) is 18.9 Å². The highest BCUT2D eigenvalue weighted by atomic mass is 19.4. The maximum Gasteiger partial charge on any atom is 0.391 e. The van der Waals surface area contributed by atoms with Crippen LogP contribution in [0, 0.1) is 0 Å². The Hall–Kier alpha value is -3.70. The number of fused-ring (bicyclic) bond motifs is 3. The van der Waals surface area contributed by atoms with E-state index in [0.29, 0.717) is 61.3 Å². The van der Waals surface area contributed by atoms with Gasteiger partial charge in [-0.25, -0.2) is 4.98 Å². The van der Waals surface area contributed by atoms with Crippen LogP contribution in [0.2, 0.25) is 0 Å². The molecular formula is C26H27F3N6O3. The second-order valence-corrected chi connectivity index (χ2v) is 10.3. The van der Waals surface area contributed by atoms with Gasteiger partial charge in [0.05, 0.1) is 41.7 Å². The fourth-order valence-corrected chi connectivity index (χ4v) is 6.20. The van der Waals surface area contributed by atoms with Crippen molar-refractivity contribution in [2.45, 2.75) is 68.7 Å². The Labute approximate surface area is 216 Å². The van der Waals surface area contributed by atoms with E-state index in [9.17, 15) is 22.8 Å². The molecule has 1 saturated carbocycles. The van der Waals surface area contributed by atoms with Crippen molar-refractivity contribution in [1.29, 1.82) is 0 Å². The summed E-state index contributed by atoms with van der Waals surface area (Å²) >= 11 is 0. The average molecular weight is 529 g/mol. The molecule has 9 nitrogen and oxygen atoms in total. The largest absolute Gasteiger partial charge is 0.489 e. The molecule has 38 heavy (non-hydrogen) atoms. The zero-order valence-electron chi connectivity index (χ0n) is 20.6. The SMILES string of the molecule is O=C(CN1C(=O)C2(CCC(Oc3cnc4[nH]ncc4c3)CC2)c2ncccc21)N1CCC[C@H]1CC(F)(F)F. The predicted octanol–water partition coefficient (Wildman–Crippen LogP) is 3.90. The molecule has 3 aliphatic rings. The van der Waals surface area contributed by atoms with Gasteiger partial charge in [-0.05, 0) is 56.7 Å². The lowest BCUT2D eigenvalue weighted by atomic mass is 9.71. The van der Waals surface area contributed by atoms with E-state index in [1.54, 1.807) is 30.7 Å². The molecule has 2 fully saturated rings. The number of halogens is 3. The summed E-state index contributed by atoms with van der Waals surface area (Å²) < 4.78 is 45.3. The number of aromatic amines is 1. The lowest BCUT2D eigenvalue weighted by Gasteiger charge is -2.36. The zero-order valence-corrected chi connectivity index (χ0v) is 20.6. The van der Waals surface area contributed by atoms with E-state index in [0.717, 1.165) is 5.39 Å². The summed E-state index contributed by atoms with van der Waals surface area (Å²) in [6.07, 6.45) is 2.48. The Morgan fingerprint density at radius 2 is 2.00 bits per heavy atom. The van der Waals surface area contributed by atoms with Crippen LogP contribution >= 0.6 is 0 Å². The van der Waals surface area contributed by atoms with Gasteiger partial charge in [-0.1, -0.05) is 0 Å². The second-order valence-electron chi connectivity index (χ2n) is 10.3. The van der Waals surface area contributed by atoms with Crippen molar-refractivity contribution in [2.75, 3.05) is 18.0 Å². The minimum Gasteiger partial charge on any atom is -0.489 e. The molecule has 1 N–H and O–H groups in total. The molecular weight excluding hydrogens is 501 g/mol. The van der Waals surface area contributed by atoms with Crippen molar-refractivity contribution in [2.24, 2.45) is 0 Å². The molecule has 0 bridgehead atoms. The van der Waals surface area contributed by atoms with Crippen molar-refractivity contribution in [3.05, 3.63) is 42.5 Å². The third kappa shape index (κ3) is 4.35. The number of nitrogens with one attached hydrogen (secondary N) is 1. The summed E-state index contributed by atoms with van der Waals surface area (Å²) in [5.41, 5.74) is 0.990. The lowest BCUT2D eigenvalue weighted by Crippen LogP contribution is -2.49. The second kappa shape index (κ2) is 9.25. The Kier molecular flexibility index (Phi) is 5.99. The number of nitrogens with zero attached hydrogens (tertiary/aromatic N) is 5. The molecule has 5 heterocycles. The normalized spacial score (nSPS) is 25.4. The number of likely N-dealkylation sites (tertiary alicyclic amines) is 1. The standard InChI is InChI=1S/C26H27F3N6O3/c27-26(28,29)12-17-3-2-10-34(17)21(36)15-35-20-4-1-9-30-22(20)25(24(35)37)7-5-18(6-8-25)38-19-11-16-13-32-33-23(16)31-14-19/h1,4,9,11,13-14,17-18H,2-3,5-8,10,12,15H2,(H,31,32,33)/t17-,18?,25?/m0/s1. The summed E-state index contributed by atoms with van der Waals surface area (Å²) in [4.78, 5) is 38.6. The number of carbonyl (C=O) groups is 2. The van der Waals surface area contributed by atoms with Gasteiger partial charge in [-0.15, -0.1) is 0 Å². The third-order valence-corrected chi connectivity index (χ3v) is 8.00. The van der Waals surface area contributed by atoms with Gasteiger partial charge in [-0.3, -0.25) is 19.7 Å². The van der Waals surface area contributed by atoms with Crippen LogP contribution in [0.5, 0.6) is 5.75 Å². The molecule has 2 amide bonds. The quantitative estimate of drug-likeness (QED) is 0.539. The number of ether oxygens (including phenoxy) is 1. The molecule has 3 aromatic heterocycles. The third-order valence-electron chi connectivity index (χ3n) is 8.00. The zero-order chi connectivity index (χ0) is 26.5. The van der Waals surface area contributed by atoms with Crippen molar-refractivity contribution in [3.8, 4) is 5.75 Å². The molecule has 1 atom stereocenters. The number of aromatic nitrogens is 4. The maximum atomic E-state index is 13.9. The number of carbonyl (C=O) groups excluding carboxylic acids is 2. The summed E-state index contributed by atoms with van der Waals surface area (Å²) in [6.45, 7) is -0.0188. The minimum atomic E-state index is -4.35. The van der Waals surface area contributed by atoms with E-state index in [2.05, 4.69) is 20.2 Å². The minimum absolute atomic E-state index is 0.116. The molecule has 0 radical (unpaired) electrons. The Balaban J connectivity index is 1.17. The van der Waals surface area contributed by atoms with E-state index in [1.807, 2.05) is 6.07 Å². The summed E-state index contributed by atoms with van der Waals surface area (Å²) in [5, 5.41) is 7.61. The molecule has 2 aliphatic heterocycles. The average Bonchev–Trinajstić information content (AvgIpc) is 3.59. The van der Waals surface area contributed by atoms with Gasteiger partial charge in [-0.2, -0.15) is 18.3 Å². The Morgan fingerprint density at radius 3 is 2.79 bits per heavy atom. The van der Waals surface area contributed by atoms with E-state index >= 15 is 0 Å². The van der Waals surface area contributed by atoms with E-state index < -0.39 is 30.0 Å². The van der Waals surface area contributed by atoms with Crippen LogP contribution in [0.1, 0.15) is 50.6 Å². The molecule has 200 valence electrons. The van der Waals surface area contributed by atoms with Gasteiger partial charge >= 0.3 is 6.18 Å². The highest BCUT2D eigenvalue weighted by Crippen LogP contribution is 2.49. The first-order valence-corrected chi connectivity index (χ1v) is 12.8. The molecule has 1 aliphatic carbocycles. The van der Waals surface area contributed by atoms with Gasteiger partial charge in [0.2, 0.25) is 11.8 Å². The molecule has 0 unspecified atom stereocenters. The van der Waals surface area contributed by atoms with Crippen LogP contribution in [-0.2, 0) is 15.0 Å². The van der Waals surface area contributed by atoms with E-state index in [1.165, 1.54) is 9.80 Å². The van der Waals surface area contributed by atoms with Crippen LogP contribution in [0.15, 0.2) is 36.8 Å². The fourth-order valence-electron chi connectivity index (χ4n) is 6.20. The van der Waals surface area contributed by atoms with E-state index in [4.69, 9.17) is 4.74 Å². The van der Waals surface area contributed by atoms with Crippen molar-refractivity contribution in [3.63, 3.8) is 0 Å². The molecule has 3 aromatic rings. The van der Waals surface area contributed by atoms with Crippen LogP contribution < -0.4 is 9.64 Å². The highest BCUT2D eigenvalue weighted by molar-refractivity contribution is 6.10. The first-order valence-electron chi connectivity index (χ1n) is 12.8. The van der Waals surface area contributed by atoms with Crippen molar-refractivity contribution < 1.29 is 27.5 Å². The number of hydrogen-bond donors (Lipinski definition) is 1. The topological polar surface area (TPSA) is 104 Å². The van der Waals surface area contributed by atoms with Gasteiger partial charge < -0.3 is 14.5 Å². The van der Waals surface area contributed by atoms with Gasteiger partial charge in [0.15, 0.2) is 5.65 Å². The first kappa shape index (κ1) is 24.6. The van der Waals surface area contributed by atoms with Gasteiger partial charge in [0.1, 0.15) is 12.3 Å². The number of rotatable bonds is 5. The number of anilines is 1. The number of alkyl halides is 3. The molecule has 6 rings (SSSR count). The van der Waals surface area contributed by atoms with Gasteiger partial charge in [0.25, 0.3) is 0 Å². The first-order chi connectivity index (χ1) is 18.2. The van der Waals surface area contributed by atoms with Gasteiger partial charge in [0, 0.05) is 24.2 Å². The summed E-state index contributed by atoms with van der Waals surface area (Å²) in [7, 11) is 0. The molecule has 1 saturated heterocycles. The fraction of sp³-hybridized carbons (Fsp3) is 0.500. The van der Waals surface area contributed by atoms with Crippen LogP contribution in [-0.4, -0.2) is 68.3 Å².